The van der Waals surface area contributed by atoms with E-state index < -0.39 is 0 Å². The van der Waals surface area contributed by atoms with Gasteiger partial charge in [0.25, 0.3) is 0 Å². The molecule has 0 radical (unpaired) electrons. The van der Waals surface area contributed by atoms with E-state index in [-0.39, 0.29) is 5.91 Å². The third-order valence-electron chi connectivity index (χ3n) is 3.00. The van der Waals surface area contributed by atoms with Gasteiger partial charge in [-0.05, 0) is 29.8 Å². The van der Waals surface area contributed by atoms with Gasteiger partial charge in [0.2, 0.25) is 5.91 Å². The van der Waals surface area contributed by atoms with Crippen molar-refractivity contribution < 1.29 is 4.79 Å². The van der Waals surface area contributed by atoms with Crippen LogP contribution in [0.5, 0.6) is 0 Å². The van der Waals surface area contributed by atoms with Gasteiger partial charge in [-0.1, -0.05) is 24.3 Å². The van der Waals surface area contributed by atoms with E-state index in [1.54, 1.807) is 17.2 Å². The van der Waals surface area contributed by atoms with Crippen molar-refractivity contribution in [2.75, 3.05) is 5.32 Å². The highest BCUT2D eigenvalue weighted by molar-refractivity contribution is 5.89. The molecule has 1 N–H and O–H groups in total. The van der Waals surface area contributed by atoms with Gasteiger partial charge in [0.05, 0.1) is 17.2 Å². The molecular formula is C16H14N4O. The van der Waals surface area contributed by atoms with E-state index in [1.807, 2.05) is 48.5 Å². The molecule has 0 spiro atoms. The fraction of sp³-hybridized carbons (Fsp3) is 0.0625. The van der Waals surface area contributed by atoms with Crippen molar-refractivity contribution in [3.05, 3.63) is 60.4 Å². The lowest BCUT2D eigenvalue weighted by Gasteiger charge is -2.01. The van der Waals surface area contributed by atoms with E-state index >= 15 is 0 Å². The van der Waals surface area contributed by atoms with Crippen molar-refractivity contribution in [2.45, 2.75) is 6.92 Å². The van der Waals surface area contributed by atoms with Gasteiger partial charge in [-0.2, -0.15) is 5.10 Å². The topological polar surface area (TPSA) is 59.3 Å². The van der Waals surface area contributed by atoms with Crippen LogP contribution in [0.25, 0.3) is 11.0 Å². The predicted octanol–water partition coefficient (Wildman–Crippen LogP) is 2.88. The Kier molecular flexibility index (Phi) is 3.47. The molecule has 0 atom stereocenters. The second kappa shape index (κ2) is 5.58. The lowest BCUT2D eigenvalue weighted by molar-refractivity contribution is -0.114. The minimum Gasteiger partial charge on any atom is -0.326 e. The molecule has 1 aromatic heterocycles. The van der Waals surface area contributed by atoms with E-state index in [9.17, 15) is 4.79 Å². The summed E-state index contributed by atoms with van der Waals surface area (Å²) in [6.45, 7) is 1.49. The largest absolute Gasteiger partial charge is 0.326 e. The highest BCUT2D eigenvalue weighted by Crippen LogP contribution is 2.12. The van der Waals surface area contributed by atoms with Gasteiger partial charge in [0.1, 0.15) is 6.33 Å². The Bertz CT molecular complexity index is 803. The maximum atomic E-state index is 11.0. The zero-order valence-electron chi connectivity index (χ0n) is 11.5. The number of carbonyl (C=O) groups excluding carboxylic acids is 1. The molecule has 0 aliphatic heterocycles. The molecule has 0 aliphatic carbocycles. The normalized spacial score (nSPS) is 11.1. The molecule has 21 heavy (non-hydrogen) atoms. The number of nitrogens with zero attached hydrogens (tertiary/aromatic N) is 3. The maximum Gasteiger partial charge on any atom is 0.221 e. The van der Waals surface area contributed by atoms with Crippen LogP contribution < -0.4 is 5.32 Å². The van der Waals surface area contributed by atoms with Gasteiger partial charge in [-0.15, -0.1) is 0 Å². The van der Waals surface area contributed by atoms with Gasteiger partial charge in [-0.3, -0.25) is 4.79 Å². The first kappa shape index (κ1) is 13.1. The number of rotatable bonds is 3. The minimum absolute atomic E-state index is 0.0821. The van der Waals surface area contributed by atoms with E-state index in [0.717, 1.165) is 22.3 Å². The molecule has 0 unspecified atom stereocenters. The molecule has 104 valence electrons. The molecular weight excluding hydrogens is 264 g/mol. The summed E-state index contributed by atoms with van der Waals surface area (Å²) in [4.78, 5) is 15.2. The van der Waals surface area contributed by atoms with Crippen LogP contribution in [-0.2, 0) is 4.79 Å². The first-order valence-electron chi connectivity index (χ1n) is 6.56. The lowest BCUT2D eigenvalue weighted by atomic mass is 10.2. The minimum atomic E-state index is -0.0821. The summed E-state index contributed by atoms with van der Waals surface area (Å²) in [5.74, 6) is -0.0821. The SMILES string of the molecule is CC(=O)Nc1ccc(/C=N\n2cnc3ccccc32)cc1. The number of nitrogens with one attached hydrogen (secondary N) is 1. The maximum absolute atomic E-state index is 11.0. The molecule has 5 nitrogen and oxygen atoms in total. The molecule has 0 aliphatic rings. The molecule has 1 amide bonds. The summed E-state index contributed by atoms with van der Waals surface area (Å²) in [7, 11) is 0. The quantitative estimate of drug-likeness (QED) is 0.749. The number of para-hydroxylation sites is 2. The van der Waals surface area contributed by atoms with Crippen molar-refractivity contribution in [1.29, 1.82) is 0 Å². The number of hydrogen-bond donors (Lipinski definition) is 1. The van der Waals surface area contributed by atoms with Crippen molar-refractivity contribution in [1.82, 2.24) is 9.66 Å². The van der Waals surface area contributed by atoms with Crippen LogP contribution in [0.3, 0.4) is 0 Å². The van der Waals surface area contributed by atoms with Crippen LogP contribution in [0.1, 0.15) is 12.5 Å². The third kappa shape index (κ3) is 2.97. The Labute approximate surface area is 121 Å². The predicted molar refractivity (Wildman–Crippen MR) is 83.5 cm³/mol. The molecule has 0 bridgehead atoms. The summed E-state index contributed by atoms with van der Waals surface area (Å²) in [5.41, 5.74) is 3.59. The van der Waals surface area contributed by atoms with E-state index in [2.05, 4.69) is 15.4 Å². The fourth-order valence-electron chi connectivity index (χ4n) is 2.02. The Morgan fingerprint density at radius 2 is 1.95 bits per heavy atom. The number of fused-ring (bicyclic) bond motifs is 1. The second-order valence-electron chi connectivity index (χ2n) is 4.63. The molecule has 5 heteroatoms. The van der Waals surface area contributed by atoms with Crippen molar-refractivity contribution in [3.8, 4) is 0 Å². The number of benzene rings is 2. The van der Waals surface area contributed by atoms with E-state index in [4.69, 9.17) is 0 Å². The van der Waals surface area contributed by atoms with Gasteiger partial charge in [-0.25, -0.2) is 9.66 Å². The summed E-state index contributed by atoms with van der Waals surface area (Å²) in [6, 6.07) is 15.3. The van der Waals surface area contributed by atoms with Gasteiger partial charge in [0, 0.05) is 12.6 Å². The number of imidazole rings is 1. The first-order valence-corrected chi connectivity index (χ1v) is 6.56. The van der Waals surface area contributed by atoms with Crippen molar-refractivity contribution in [2.24, 2.45) is 5.10 Å². The number of hydrogen-bond acceptors (Lipinski definition) is 3. The summed E-state index contributed by atoms with van der Waals surface area (Å²) < 4.78 is 1.73. The Hall–Kier alpha value is -2.95. The molecule has 0 saturated carbocycles. The van der Waals surface area contributed by atoms with Gasteiger partial charge >= 0.3 is 0 Å². The number of carbonyl (C=O) groups is 1. The Balaban J connectivity index is 1.81. The Morgan fingerprint density at radius 1 is 1.19 bits per heavy atom. The first-order chi connectivity index (χ1) is 10.2. The lowest BCUT2D eigenvalue weighted by Crippen LogP contribution is -2.05. The molecule has 0 fully saturated rings. The average molecular weight is 278 g/mol. The van der Waals surface area contributed by atoms with Crippen LogP contribution in [0, 0.1) is 0 Å². The van der Waals surface area contributed by atoms with Crippen molar-refractivity contribution >= 4 is 28.8 Å². The number of amides is 1. The van der Waals surface area contributed by atoms with Crippen LogP contribution in [0.15, 0.2) is 60.0 Å². The van der Waals surface area contributed by atoms with Gasteiger partial charge < -0.3 is 5.32 Å². The van der Waals surface area contributed by atoms with E-state index in [1.165, 1.54) is 6.92 Å². The van der Waals surface area contributed by atoms with Crippen molar-refractivity contribution in [3.63, 3.8) is 0 Å². The van der Waals surface area contributed by atoms with Crippen LogP contribution in [-0.4, -0.2) is 21.8 Å². The average Bonchev–Trinajstić information content (AvgIpc) is 2.89. The molecule has 3 aromatic rings. The van der Waals surface area contributed by atoms with E-state index in [0.29, 0.717) is 0 Å². The highest BCUT2D eigenvalue weighted by Gasteiger charge is 1.99. The Morgan fingerprint density at radius 3 is 2.71 bits per heavy atom. The monoisotopic (exact) mass is 278 g/mol. The standard InChI is InChI=1S/C16H14N4O/c1-12(21)19-14-8-6-13(7-9-14)10-18-20-11-17-15-4-2-3-5-16(15)20/h2-11H,1H3,(H,19,21)/b18-10-. The smallest absolute Gasteiger partial charge is 0.221 e. The summed E-state index contributed by atoms with van der Waals surface area (Å²) >= 11 is 0. The highest BCUT2D eigenvalue weighted by atomic mass is 16.1. The molecule has 1 heterocycles. The zero-order valence-corrected chi connectivity index (χ0v) is 11.5. The zero-order chi connectivity index (χ0) is 14.7. The summed E-state index contributed by atoms with van der Waals surface area (Å²) in [6.07, 6.45) is 3.44. The molecule has 0 saturated heterocycles. The fourth-order valence-corrected chi connectivity index (χ4v) is 2.02. The molecule has 2 aromatic carbocycles. The van der Waals surface area contributed by atoms with Crippen LogP contribution in [0.4, 0.5) is 5.69 Å². The summed E-state index contributed by atoms with van der Waals surface area (Å²) in [5, 5.41) is 7.12. The molecule has 3 rings (SSSR count). The number of aromatic nitrogens is 2. The van der Waals surface area contributed by atoms with Crippen LogP contribution >= 0.6 is 0 Å². The number of anilines is 1. The van der Waals surface area contributed by atoms with Gasteiger partial charge in [0.15, 0.2) is 0 Å². The van der Waals surface area contributed by atoms with Crippen LogP contribution in [0.2, 0.25) is 0 Å². The second-order valence-corrected chi connectivity index (χ2v) is 4.63. The third-order valence-corrected chi connectivity index (χ3v) is 3.00.